The van der Waals surface area contributed by atoms with Gasteiger partial charge in [0, 0.05) is 27.2 Å². The SMILES string of the molecule is Cn1c(=O)c2c(nc(NN=Cc3c(O)n(C4CCCCC4)c(=S)[nH]c3=O)n2C)n(C)c1=O. The van der Waals surface area contributed by atoms with Gasteiger partial charge in [0.1, 0.15) is 5.56 Å². The largest absolute Gasteiger partial charge is 0.494 e. The van der Waals surface area contributed by atoms with E-state index in [0.717, 1.165) is 36.7 Å². The molecule has 0 aromatic carbocycles. The van der Waals surface area contributed by atoms with E-state index in [1.165, 1.54) is 29.4 Å². The Kier molecular flexibility index (Phi) is 5.59. The second-order valence-electron chi connectivity index (χ2n) is 7.90. The fourth-order valence-electron chi connectivity index (χ4n) is 4.12. The lowest BCUT2D eigenvalue weighted by molar-refractivity contribution is 0.303. The number of H-pyrrole nitrogens is 1. The lowest BCUT2D eigenvalue weighted by Crippen LogP contribution is -2.37. The number of nitrogens with zero attached hydrogens (tertiary/aromatic N) is 6. The molecular formula is C19H24N8O4S. The van der Waals surface area contributed by atoms with Crippen LogP contribution < -0.4 is 22.2 Å². The first-order chi connectivity index (χ1) is 15.2. The first kappa shape index (κ1) is 21.7. The number of nitrogens with one attached hydrogen (secondary N) is 2. The zero-order chi connectivity index (χ0) is 23.2. The fraction of sp³-hybridized carbons (Fsp3) is 0.474. The number of aromatic amines is 1. The maximum atomic E-state index is 12.5. The number of hydrogen-bond acceptors (Lipinski definition) is 8. The normalized spacial score (nSPS) is 15.1. The van der Waals surface area contributed by atoms with E-state index in [1.54, 1.807) is 11.6 Å². The molecule has 170 valence electrons. The summed E-state index contributed by atoms with van der Waals surface area (Å²) >= 11 is 5.27. The Hall–Kier alpha value is -3.48. The van der Waals surface area contributed by atoms with E-state index >= 15 is 0 Å². The van der Waals surface area contributed by atoms with E-state index in [0.29, 0.717) is 0 Å². The second-order valence-corrected chi connectivity index (χ2v) is 8.29. The number of fused-ring (bicyclic) bond motifs is 1. The molecule has 0 bridgehead atoms. The Labute approximate surface area is 186 Å². The maximum absolute atomic E-state index is 12.5. The van der Waals surface area contributed by atoms with E-state index < -0.39 is 16.8 Å². The van der Waals surface area contributed by atoms with Gasteiger partial charge in [-0.3, -0.25) is 28.3 Å². The average molecular weight is 461 g/mol. The standard InChI is InChI=1S/C19H24N8O4S/c1-24-12-13(25(2)19(31)26(3)16(12)30)21-17(24)23-20-9-11-14(28)22-18(32)27(15(11)29)10-7-5-4-6-8-10/h9-10,29H,4-8H2,1-3H3,(H,21,23)(H,22,28,32). The number of aryl methyl sites for hydroxylation is 2. The van der Waals surface area contributed by atoms with Crippen LogP contribution in [0.3, 0.4) is 0 Å². The molecule has 0 saturated heterocycles. The molecule has 0 spiro atoms. The van der Waals surface area contributed by atoms with Gasteiger partial charge in [-0.15, -0.1) is 0 Å². The van der Waals surface area contributed by atoms with E-state index in [4.69, 9.17) is 12.2 Å². The van der Waals surface area contributed by atoms with Crippen LogP contribution >= 0.6 is 12.2 Å². The molecule has 1 saturated carbocycles. The summed E-state index contributed by atoms with van der Waals surface area (Å²) in [5, 5.41) is 14.8. The Morgan fingerprint density at radius 2 is 1.81 bits per heavy atom. The topological polar surface area (TPSA) is 144 Å². The summed E-state index contributed by atoms with van der Waals surface area (Å²) in [5.74, 6) is -0.0528. The van der Waals surface area contributed by atoms with Crippen LogP contribution in [0.5, 0.6) is 5.88 Å². The average Bonchev–Trinajstić information content (AvgIpc) is 3.10. The van der Waals surface area contributed by atoms with Crippen LogP contribution in [0.15, 0.2) is 19.5 Å². The molecule has 12 nitrogen and oxygen atoms in total. The first-order valence-electron chi connectivity index (χ1n) is 10.2. The highest BCUT2D eigenvalue weighted by Gasteiger charge is 2.21. The maximum Gasteiger partial charge on any atom is 0.332 e. The number of imidazole rings is 1. The van der Waals surface area contributed by atoms with Crippen LogP contribution in [0, 0.1) is 4.77 Å². The molecular weight excluding hydrogens is 436 g/mol. The lowest BCUT2D eigenvalue weighted by Gasteiger charge is -2.25. The van der Waals surface area contributed by atoms with Crippen LogP contribution in [0.1, 0.15) is 43.7 Å². The van der Waals surface area contributed by atoms with Crippen molar-refractivity contribution >= 4 is 35.5 Å². The number of aromatic hydroxyl groups is 1. The molecule has 3 N–H and O–H groups in total. The third kappa shape index (κ3) is 3.47. The number of anilines is 1. The predicted octanol–water partition coefficient (Wildman–Crippen LogP) is 0.847. The van der Waals surface area contributed by atoms with Gasteiger partial charge in [0.25, 0.3) is 11.1 Å². The van der Waals surface area contributed by atoms with Crippen LogP contribution in [-0.2, 0) is 21.1 Å². The van der Waals surface area contributed by atoms with Crippen molar-refractivity contribution in [2.45, 2.75) is 38.1 Å². The first-order valence-corrected chi connectivity index (χ1v) is 10.6. The van der Waals surface area contributed by atoms with Gasteiger partial charge in [-0.2, -0.15) is 10.1 Å². The number of aromatic nitrogens is 6. The number of hydrogen-bond donors (Lipinski definition) is 3. The van der Waals surface area contributed by atoms with Crippen LogP contribution in [0.25, 0.3) is 11.2 Å². The minimum atomic E-state index is -0.564. The van der Waals surface area contributed by atoms with Gasteiger partial charge in [-0.25, -0.2) is 10.2 Å². The van der Waals surface area contributed by atoms with Gasteiger partial charge in [0.05, 0.1) is 6.21 Å². The summed E-state index contributed by atoms with van der Waals surface area (Å²) < 4.78 is 5.47. The van der Waals surface area contributed by atoms with Crippen molar-refractivity contribution in [3.63, 3.8) is 0 Å². The second kappa shape index (κ2) is 8.22. The molecule has 13 heteroatoms. The molecule has 1 aliphatic carbocycles. The van der Waals surface area contributed by atoms with Gasteiger partial charge < -0.3 is 9.67 Å². The van der Waals surface area contributed by atoms with Crippen molar-refractivity contribution < 1.29 is 5.11 Å². The predicted molar refractivity (Wildman–Crippen MR) is 122 cm³/mol. The lowest BCUT2D eigenvalue weighted by atomic mass is 9.95. The molecule has 3 heterocycles. The number of hydrazone groups is 1. The summed E-state index contributed by atoms with van der Waals surface area (Å²) in [6, 6.07) is 0.0190. The van der Waals surface area contributed by atoms with Crippen LogP contribution in [0.4, 0.5) is 5.95 Å². The fourth-order valence-corrected chi connectivity index (χ4v) is 4.45. The zero-order valence-corrected chi connectivity index (χ0v) is 18.8. The third-order valence-corrected chi connectivity index (χ3v) is 6.23. The highest BCUT2D eigenvalue weighted by Crippen LogP contribution is 2.31. The summed E-state index contributed by atoms with van der Waals surface area (Å²) in [5.41, 5.74) is 1.50. The van der Waals surface area contributed by atoms with Gasteiger partial charge in [0.15, 0.2) is 15.9 Å². The van der Waals surface area contributed by atoms with E-state index in [-0.39, 0.29) is 39.4 Å². The molecule has 0 radical (unpaired) electrons. The summed E-state index contributed by atoms with van der Waals surface area (Å²) in [6.45, 7) is 0. The smallest absolute Gasteiger partial charge is 0.332 e. The summed E-state index contributed by atoms with van der Waals surface area (Å²) in [6.07, 6.45) is 6.12. The van der Waals surface area contributed by atoms with Crippen molar-refractivity contribution in [2.75, 3.05) is 5.43 Å². The summed E-state index contributed by atoms with van der Waals surface area (Å²) in [4.78, 5) is 43.9. The molecule has 1 aliphatic rings. The highest BCUT2D eigenvalue weighted by atomic mass is 32.1. The monoisotopic (exact) mass is 460 g/mol. The van der Waals surface area contributed by atoms with Crippen molar-refractivity contribution in [3.8, 4) is 5.88 Å². The summed E-state index contributed by atoms with van der Waals surface area (Å²) in [7, 11) is 4.51. The van der Waals surface area contributed by atoms with E-state index in [2.05, 4.69) is 20.5 Å². The highest BCUT2D eigenvalue weighted by molar-refractivity contribution is 7.71. The van der Waals surface area contributed by atoms with E-state index in [9.17, 15) is 19.5 Å². The third-order valence-electron chi connectivity index (χ3n) is 5.93. The van der Waals surface area contributed by atoms with E-state index in [1.807, 2.05) is 0 Å². The van der Waals surface area contributed by atoms with Gasteiger partial charge >= 0.3 is 5.69 Å². The Bertz CT molecular complexity index is 1470. The molecule has 3 aromatic heterocycles. The quantitative estimate of drug-likeness (QED) is 0.297. The molecule has 4 rings (SSSR count). The zero-order valence-electron chi connectivity index (χ0n) is 18.0. The van der Waals surface area contributed by atoms with Crippen molar-refractivity contribution in [1.82, 2.24) is 28.2 Å². The molecule has 0 unspecified atom stereocenters. The molecule has 3 aromatic rings. The minimum absolute atomic E-state index is 0.0190. The molecule has 0 aliphatic heterocycles. The molecule has 0 atom stereocenters. The van der Waals surface area contributed by atoms with Gasteiger partial charge in [-0.1, -0.05) is 19.3 Å². The van der Waals surface area contributed by atoms with Gasteiger partial charge in [-0.05, 0) is 25.1 Å². The minimum Gasteiger partial charge on any atom is -0.494 e. The Balaban J connectivity index is 1.71. The van der Waals surface area contributed by atoms with Crippen molar-refractivity contribution in [2.24, 2.45) is 26.2 Å². The number of rotatable bonds is 4. The Morgan fingerprint density at radius 3 is 2.50 bits per heavy atom. The van der Waals surface area contributed by atoms with Crippen LogP contribution in [0.2, 0.25) is 0 Å². The molecule has 1 fully saturated rings. The van der Waals surface area contributed by atoms with Gasteiger partial charge in [0.2, 0.25) is 11.8 Å². The Morgan fingerprint density at radius 1 is 1.12 bits per heavy atom. The van der Waals surface area contributed by atoms with Crippen molar-refractivity contribution in [3.05, 3.63) is 41.5 Å². The van der Waals surface area contributed by atoms with Crippen LogP contribution in [-0.4, -0.2) is 39.6 Å². The molecule has 0 amide bonds. The molecule has 32 heavy (non-hydrogen) atoms. The van der Waals surface area contributed by atoms with Crippen molar-refractivity contribution in [1.29, 1.82) is 0 Å².